The van der Waals surface area contributed by atoms with E-state index in [0.29, 0.717) is 23.9 Å². The minimum Gasteiger partial charge on any atom is -0.481 e. The van der Waals surface area contributed by atoms with Crippen molar-refractivity contribution in [2.24, 2.45) is 0 Å². The van der Waals surface area contributed by atoms with Crippen LogP contribution in [0, 0.1) is 6.92 Å². The summed E-state index contributed by atoms with van der Waals surface area (Å²) in [7, 11) is 0. The van der Waals surface area contributed by atoms with E-state index in [9.17, 15) is 4.79 Å². The van der Waals surface area contributed by atoms with Gasteiger partial charge >= 0.3 is 0 Å². The highest BCUT2D eigenvalue weighted by Gasteiger charge is 2.26. The maximum atomic E-state index is 12.6. The molecule has 0 radical (unpaired) electrons. The Morgan fingerprint density at radius 1 is 1.08 bits per heavy atom. The smallest absolute Gasteiger partial charge is 0.263 e. The van der Waals surface area contributed by atoms with E-state index in [2.05, 4.69) is 36.1 Å². The Morgan fingerprint density at radius 3 is 2.40 bits per heavy atom. The third kappa shape index (κ3) is 4.45. The van der Waals surface area contributed by atoms with Crippen molar-refractivity contribution < 1.29 is 9.53 Å². The van der Waals surface area contributed by atoms with E-state index in [1.165, 1.54) is 11.3 Å². The molecule has 0 spiro atoms. The Hall–Kier alpha value is -2.20. The van der Waals surface area contributed by atoms with E-state index < -0.39 is 6.10 Å². The predicted molar refractivity (Wildman–Crippen MR) is 102 cm³/mol. The number of nitrogens with zero attached hydrogens (tertiary/aromatic N) is 2. The number of halogens is 1. The number of rotatable bonds is 4. The number of ether oxygens (including phenoxy) is 1. The van der Waals surface area contributed by atoms with Crippen molar-refractivity contribution in [3.05, 3.63) is 59.1 Å². The summed E-state index contributed by atoms with van der Waals surface area (Å²) in [6, 6.07) is 15.6. The van der Waals surface area contributed by atoms with Crippen LogP contribution in [0.15, 0.2) is 48.5 Å². The quantitative estimate of drug-likeness (QED) is 0.834. The van der Waals surface area contributed by atoms with E-state index in [1.54, 1.807) is 31.2 Å². The molecule has 1 aliphatic heterocycles. The molecule has 1 atom stereocenters. The zero-order valence-electron chi connectivity index (χ0n) is 14.6. The first-order valence-corrected chi connectivity index (χ1v) is 8.93. The van der Waals surface area contributed by atoms with Crippen LogP contribution in [0.3, 0.4) is 0 Å². The molecule has 5 heteroatoms. The summed E-state index contributed by atoms with van der Waals surface area (Å²) in [6.45, 7) is 6.98. The van der Waals surface area contributed by atoms with Gasteiger partial charge in [-0.25, -0.2) is 0 Å². The van der Waals surface area contributed by atoms with Crippen molar-refractivity contribution in [2.45, 2.75) is 20.0 Å². The third-order valence-corrected chi connectivity index (χ3v) is 4.68. The molecule has 3 rings (SSSR count). The van der Waals surface area contributed by atoms with Crippen molar-refractivity contribution in [2.75, 3.05) is 31.1 Å². The lowest BCUT2D eigenvalue weighted by molar-refractivity contribution is -0.138. The SMILES string of the molecule is Cc1cccc(N2CCN(C(=O)C(C)Oc3ccc(Cl)cc3)CC2)c1. The van der Waals surface area contributed by atoms with Crippen LogP contribution in [0.5, 0.6) is 5.75 Å². The van der Waals surface area contributed by atoms with Crippen molar-refractivity contribution in [1.29, 1.82) is 0 Å². The molecule has 0 aliphatic carbocycles. The van der Waals surface area contributed by atoms with Crippen LogP contribution < -0.4 is 9.64 Å². The van der Waals surface area contributed by atoms with Crippen molar-refractivity contribution >= 4 is 23.2 Å². The third-order valence-electron chi connectivity index (χ3n) is 4.43. The normalized spacial score (nSPS) is 15.8. The van der Waals surface area contributed by atoms with Gasteiger partial charge in [-0.05, 0) is 55.8 Å². The van der Waals surface area contributed by atoms with E-state index in [4.69, 9.17) is 16.3 Å². The number of amides is 1. The van der Waals surface area contributed by atoms with Gasteiger partial charge < -0.3 is 14.5 Å². The Labute approximate surface area is 154 Å². The molecule has 0 aromatic heterocycles. The Kier molecular flexibility index (Phi) is 5.49. The minimum atomic E-state index is -0.508. The van der Waals surface area contributed by atoms with Gasteiger partial charge in [-0.1, -0.05) is 23.7 Å². The molecule has 1 amide bonds. The number of aryl methyl sites for hydroxylation is 1. The topological polar surface area (TPSA) is 32.8 Å². The molecule has 0 bridgehead atoms. The van der Waals surface area contributed by atoms with Crippen molar-refractivity contribution in [3.8, 4) is 5.75 Å². The van der Waals surface area contributed by atoms with E-state index in [0.717, 1.165) is 13.1 Å². The van der Waals surface area contributed by atoms with Crippen molar-refractivity contribution in [3.63, 3.8) is 0 Å². The van der Waals surface area contributed by atoms with E-state index in [-0.39, 0.29) is 5.91 Å². The number of anilines is 1. The lowest BCUT2D eigenvalue weighted by atomic mass is 10.2. The lowest BCUT2D eigenvalue weighted by Gasteiger charge is -2.37. The average molecular weight is 359 g/mol. The first-order valence-electron chi connectivity index (χ1n) is 8.55. The zero-order valence-corrected chi connectivity index (χ0v) is 15.4. The largest absolute Gasteiger partial charge is 0.481 e. The highest BCUT2D eigenvalue weighted by atomic mass is 35.5. The molecule has 132 valence electrons. The molecule has 2 aromatic rings. The summed E-state index contributed by atoms with van der Waals surface area (Å²) in [5, 5.41) is 0.651. The minimum absolute atomic E-state index is 0.0267. The van der Waals surface area contributed by atoms with Gasteiger partial charge in [0.05, 0.1) is 0 Å². The fraction of sp³-hybridized carbons (Fsp3) is 0.350. The van der Waals surface area contributed by atoms with Crippen LogP contribution in [0.4, 0.5) is 5.69 Å². The second-order valence-electron chi connectivity index (χ2n) is 6.37. The highest BCUT2D eigenvalue weighted by Crippen LogP contribution is 2.20. The lowest BCUT2D eigenvalue weighted by Crippen LogP contribution is -2.52. The predicted octanol–water partition coefficient (Wildman–Crippen LogP) is 3.76. The monoisotopic (exact) mass is 358 g/mol. The van der Waals surface area contributed by atoms with Crippen LogP contribution in [-0.4, -0.2) is 43.1 Å². The second-order valence-corrected chi connectivity index (χ2v) is 6.80. The number of carbonyl (C=O) groups is 1. The Balaban J connectivity index is 1.54. The number of piperazine rings is 1. The molecule has 0 N–H and O–H groups in total. The number of benzene rings is 2. The van der Waals surface area contributed by atoms with Gasteiger partial charge in [0.25, 0.3) is 5.91 Å². The molecule has 25 heavy (non-hydrogen) atoms. The molecular formula is C20H23ClN2O2. The molecule has 1 fully saturated rings. The van der Waals surface area contributed by atoms with Crippen LogP contribution in [0.25, 0.3) is 0 Å². The molecule has 4 nitrogen and oxygen atoms in total. The van der Waals surface area contributed by atoms with Crippen LogP contribution in [0.1, 0.15) is 12.5 Å². The fourth-order valence-corrected chi connectivity index (χ4v) is 3.16. The maximum Gasteiger partial charge on any atom is 0.263 e. The molecule has 0 saturated carbocycles. The molecule has 1 heterocycles. The van der Waals surface area contributed by atoms with Crippen LogP contribution in [0.2, 0.25) is 5.02 Å². The molecule has 1 unspecified atom stereocenters. The standard InChI is InChI=1S/C20H23ClN2O2/c1-15-4-3-5-18(14-15)22-10-12-23(13-11-22)20(24)16(2)25-19-8-6-17(21)7-9-19/h3-9,14,16H,10-13H2,1-2H3. The summed E-state index contributed by atoms with van der Waals surface area (Å²) in [4.78, 5) is 16.8. The van der Waals surface area contributed by atoms with Crippen LogP contribution in [-0.2, 0) is 4.79 Å². The molecule has 1 aliphatic rings. The number of carbonyl (C=O) groups excluding carboxylic acids is 1. The summed E-state index contributed by atoms with van der Waals surface area (Å²) >= 11 is 5.87. The van der Waals surface area contributed by atoms with Gasteiger partial charge in [0.2, 0.25) is 0 Å². The molecule has 1 saturated heterocycles. The maximum absolute atomic E-state index is 12.6. The number of hydrogen-bond donors (Lipinski definition) is 0. The summed E-state index contributed by atoms with van der Waals surface area (Å²) in [5.41, 5.74) is 2.47. The summed E-state index contributed by atoms with van der Waals surface area (Å²) < 4.78 is 5.75. The first-order chi connectivity index (χ1) is 12.0. The van der Waals surface area contributed by atoms with Gasteiger partial charge in [-0.3, -0.25) is 4.79 Å². The Bertz CT molecular complexity index is 725. The second kappa shape index (κ2) is 7.79. The summed E-state index contributed by atoms with van der Waals surface area (Å²) in [5.74, 6) is 0.683. The Morgan fingerprint density at radius 2 is 1.76 bits per heavy atom. The van der Waals surface area contributed by atoms with Crippen molar-refractivity contribution in [1.82, 2.24) is 4.90 Å². The van der Waals surface area contributed by atoms with Crippen LogP contribution >= 0.6 is 11.6 Å². The van der Waals surface area contributed by atoms with E-state index in [1.807, 2.05) is 4.90 Å². The average Bonchev–Trinajstić information content (AvgIpc) is 2.63. The highest BCUT2D eigenvalue weighted by molar-refractivity contribution is 6.30. The van der Waals surface area contributed by atoms with E-state index >= 15 is 0 Å². The van der Waals surface area contributed by atoms with Gasteiger partial charge in [0.15, 0.2) is 6.10 Å². The molecular weight excluding hydrogens is 336 g/mol. The van der Waals surface area contributed by atoms with Gasteiger partial charge in [-0.15, -0.1) is 0 Å². The van der Waals surface area contributed by atoms with Gasteiger partial charge in [0, 0.05) is 36.9 Å². The van der Waals surface area contributed by atoms with Gasteiger partial charge in [0.1, 0.15) is 5.75 Å². The molecule has 2 aromatic carbocycles. The van der Waals surface area contributed by atoms with Gasteiger partial charge in [-0.2, -0.15) is 0 Å². The number of hydrogen-bond acceptors (Lipinski definition) is 3. The zero-order chi connectivity index (χ0) is 17.8. The summed E-state index contributed by atoms with van der Waals surface area (Å²) in [6.07, 6.45) is -0.508. The fourth-order valence-electron chi connectivity index (χ4n) is 3.03. The first kappa shape index (κ1) is 17.6.